The SMILES string of the molecule is Cn1ccn2ncc(C(=O)N3CC4(CC(NC(=O)Nc5cc(C#N)cc(C(F)(F)F)c5)C4)C3)c12. The number of halogens is 3. The first-order chi connectivity index (χ1) is 16.1. The summed E-state index contributed by atoms with van der Waals surface area (Å²) < 4.78 is 42.5. The second kappa shape index (κ2) is 7.51. The number of aryl methyl sites for hydroxylation is 1. The maximum atomic E-state index is 13.0. The molecule has 12 heteroatoms. The smallest absolute Gasteiger partial charge is 0.337 e. The predicted molar refractivity (Wildman–Crippen MR) is 114 cm³/mol. The molecule has 1 aliphatic heterocycles. The molecule has 2 N–H and O–H groups in total. The van der Waals surface area contributed by atoms with Crippen molar-refractivity contribution in [2.75, 3.05) is 18.4 Å². The average Bonchev–Trinajstić information content (AvgIpc) is 3.30. The summed E-state index contributed by atoms with van der Waals surface area (Å²) in [5.74, 6) is -0.0885. The van der Waals surface area contributed by atoms with Crippen LogP contribution in [0.1, 0.15) is 34.3 Å². The number of nitrogens with zero attached hydrogens (tertiary/aromatic N) is 5. The molecule has 2 fully saturated rings. The summed E-state index contributed by atoms with van der Waals surface area (Å²) in [7, 11) is 1.85. The molecule has 1 aliphatic carbocycles. The van der Waals surface area contributed by atoms with E-state index in [1.807, 2.05) is 17.8 Å². The summed E-state index contributed by atoms with van der Waals surface area (Å²) in [5.41, 5.74) is -0.101. The van der Waals surface area contributed by atoms with Crippen molar-refractivity contribution in [3.05, 3.63) is 53.5 Å². The zero-order valence-electron chi connectivity index (χ0n) is 18.1. The molecule has 3 heterocycles. The molecule has 2 aliphatic rings. The molecular weight excluding hydrogens is 451 g/mol. The molecule has 0 bridgehead atoms. The number of nitrogens with one attached hydrogen (secondary N) is 2. The number of carbonyl (C=O) groups excluding carboxylic acids is 2. The van der Waals surface area contributed by atoms with Crippen molar-refractivity contribution in [3.63, 3.8) is 0 Å². The number of likely N-dealkylation sites (tertiary alicyclic amines) is 1. The van der Waals surface area contributed by atoms with Crippen LogP contribution in [0.2, 0.25) is 0 Å². The van der Waals surface area contributed by atoms with E-state index in [9.17, 15) is 22.8 Å². The van der Waals surface area contributed by atoms with E-state index in [2.05, 4.69) is 15.7 Å². The maximum absolute atomic E-state index is 13.0. The number of rotatable bonds is 3. The van der Waals surface area contributed by atoms with Crippen LogP contribution in [0.4, 0.5) is 23.7 Å². The number of alkyl halides is 3. The minimum atomic E-state index is -4.63. The average molecular weight is 471 g/mol. The van der Waals surface area contributed by atoms with E-state index in [1.165, 1.54) is 6.07 Å². The van der Waals surface area contributed by atoms with Crippen molar-refractivity contribution in [1.29, 1.82) is 5.26 Å². The largest absolute Gasteiger partial charge is 0.416 e. The van der Waals surface area contributed by atoms with Crippen molar-refractivity contribution in [2.45, 2.75) is 25.1 Å². The number of imidazole rings is 1. The minimum Gasteiger partial charge on any atom is -0.337 e. The first-order valence-electron chi connectivity index (χ1n) is 10.5. The second-order valence-corrected chi connectivity index (χ2v) is 9.01. The third kappa shape index (κ3) is 3.72. The van der Waals surface area contributed by atoms with Crippen molar-refractivity contribution in [3.8, 4) is 6.07 Å². The Morgan fingerprint density at radius 3 is 2.62 bits per heavy atom. The molecule has 34 heavy (non-hydrogen) atoms. The molecule has 0 atom stereocenters. The highest BCUT2D eigenvalue weighted by molar-refractivity contribution is 6.00. The lowest BCUT2D eigenvalue weighted by molar-refractivity contribution is -0.137. The van der Waals surface area contributed by atoms with Gasteiger partial charge in [-0.25, -0.2) is 9.31 Å². The van der Waals surface area contributed by atoms with Crippen molar-refractivity contribution < 1.29 is 22.8 Å². The monoisotopic (exact) mass is 471 g/mol. The summed E-state index contributed by atoms with van der Waals surface area (Å²) in [5, 5.41) is 18.3. The molecule has 176 valence electrons. The number of carbonyl (C=O) groups is 2. The second-order valence-electron chi connectivity index (χ2n) is 9.01. The number of fused-ring (bicyclic) bond motifs is 1. The minimum absolute atomic E-state index is 0.0573. The van der Waals surface area contributed by atoms with Crippen molar-refractivity contribution in [1.82, 2.24) is 24.4 Å². The highest BCUT2D eigenvalue weighted by atomic mass is 19.4. The van der Waals surface area contributed by atoms with Gasteiger partial charge in [0.25, 0.3) is 5.91 Å². The van der Waals surface area contributed by atoms with E-state index in [4.69, 9.17) is 5.26 Å². The Kier molecular flexibility index (Phi) is 4.82. The van der Waals surface area contributed by atoms with Gasteiger partial charge >= 0.3 is 12.2 Å². The van der Waals surface area contributed by atoms with E-state index in [0.717, 1.165) is 17.8 Å². The Balaban J connectivity index is 1.14. The first-order valence-corrected chi connectivity index (χ1v) is 10.5. The van der Waals surface area contributed by atoms with Gasteiger partial charge in [-0.15, -0.1) is 0 Å². The van der Waals surface area contributed by atoms with Gasteiger partial charge in [-0.2, -0.15) is 23.5 Å². The topological polar surface area (TPSA) is 107 Å². The molecule has 1 spiro atoms. The molecule has 3 aromatic rings. The molecule has 0 unspecified atom stereocenters. The van der Waals surface area contributed by atoms with Gasteiger partial charge in [0.2, 0.25) is 0 Å². The number of hydrogen-bond donors (Lipinski definition) is 2. The molecule has 9 nitrogen and oxygen atoms in total. The molecular formula is C22H20F3N7O2. The molecule has 3 amide bonds. The van der Waals surface area contributed by atoms with E-state index in [1.54, 1.807) is 27.9 Å². The Labute approximate surface area is 191 Å². The molecule has 0 radical (unpaired) electrons. The normalized spacial score (nSPS) is 17.2. The van der Waals surface area contributed by atoms with Crippen molar-refractivity contribution >= 4 is 23.3 Å². The van der Waals surface area contributed by atoms with Crippen LogP contribution in [0.5, 0.6) is 0 Å². The van der Waals surface area contributed by atoms with E-state index in [-0.39, 0.29) is 28.6 Å². The van der Waals surface area contributed by atoms with Gasteiger partial charge in [0.1, 0.15) is 11.2 Å². The summed E-state index contributed by atoms with van der Waals surface area (Å²) in [6.45, 7) is 1.15. The fourth-order valence-corrected chi connectivity index (χ4v) is 4.90. The van der Waals surface area contributed by atoms with E-state index >= 15 is 0 Å². The number of hydrogen-bond acceptors (Lipinski definition) is 4. The Bertz CT molecular complexity index is 1340. The van der Waals surface area contributed by atoms with Gasteiger partial charge in [-0.3, -0.25) is 4.79 Å². The van der Waals surface area contributed by atoms with Crippen LogP contribution in [0, 0.1) is 16.7 Å². The first kappa shape index (κ1) is 21.8. The molecule has 1 saturated heterocycles. The number of benzene rings is 1. The van der Waals surface area contributed by atoms with Gasteiger partial charge in [-0.1, -0.05) is 0 Å². The zero-order chi connectivity index (χ0) is 24.3. The number of nitriles is 1. The number of amides is 3. The van der Waals surface area contributed by atoms with E-state index in [0.29, 0.717) is 31.5 Å². The summed E-state index contributed by atoms with van der Waals surface area (Å²) >= 11 is 0. The highest BCUT2D eigenvalue weighted by Gasteiger charge is 2.54. The van der Waals surface area contributed by atoms with Crippen molar-refractivity contribution in [2.24, 2.45) is 12.5 Å². The predicted octanol–water partition coefficient (Wildman–Crippen LogP) is 2.99. The lowest BCUT2D eigenvalue weighted by Gasteiger charge is -2.58. The van der Waals surface area contributed by atoms with Crippen LogP contribution >= 0.6 is 0 Å². The maximum Gasteiger partial charge on any atom is 0.416 e. The number of aromatic nitrogens is 3. The summed E-state index contributed by atoms with van der Waals surface area (Å²) in [6.07, 6.45) is 1.87. The van der Waals surface area contributed by atoms with Gasteiger partial charge in [0.05, 0.1) is 23.4 Å². The van der Waals surface area contributed by atoms with E-state index < -0.39 is 17.8 Å². The highest BCUT2D eigenvalue weighted by Crippen LogP contribution is 2.48. The van der Waals surface area contributed by atoms with Crippen LogP contribution in [-0.4, -0.2) is 50.2 Å². The Morgan fingerprint density at radius 1 is 1.21 bits per heavy atom. The third-order valence-electron chi connectivity index (χ3n) is 6.45. The van der Waals surface area contributed by atoms with Gasteiger partial charge in [0, 0.05) is 49.7 Å². The zero-order valence-corrected chi connectivity index (χ0v) is 18.1. The van der Waals surface area contributed by atoms with Crippen LogP contribution in [0.15, 0.2) is 36.8 Å². The lowest BCUT2D eigenvalue weighted by Crippen LogP contribution is -2.67. The number of urea groups is 1. The molecule has 1 saturated carbocycles. The Hall–Kier alpha value is -4.01. The van der Waals surface area contributed by atoms with Crippen LogP contribution < -0.4 is 10.6 Å². The molecule has 5 rings (SSSR count). The van der Waals surface area contributed by atoms with Crippen LogP contribution in [0.25, 0.3) is 5.65 Å². The Morgan fingerprint density at radius 2 is 1.94 bits per heavy atom. The summed E-state index contributed by atoms with van der Waals surface area (Å²) in [4.78, 5) is 26.9. The summed E-state index contributed by atoms with van der Waals surface area (Å²) in [6, 6.07) is 3.59. The molecule has 1 aromatic carbocycles. The molecule has 2 aromatic heterocycles. The van der Waals surface area contributed by atoms with Gasteiger partial charge in [0.15, 0.2) is 0 Å². The van der Waals surface area contributed by atoms with Crippen LogP contribution in [-0.2, 0) is 13.2 Å². The van der Waals surface area contributed by atoms with Gasteiger partial charge < -0.3 is 20.1 Å². The van der Waals surface area contributed by atoms with Gasteiger partial charge in [-0.05, 0) is 31.0 Å². The standard InChI is InChI=1S/C22H20F3N7O2/c1-30-2-3-32-18(30)17(10-27-32)19(33)31-11-21(12-31)7-16(8-21)29-20(34)28-15-5-13(9-26)4-14(6-15)22(23,24)25/h2-6,10,16H,7-8,11-12H2,1H3,(H2,28,29,34). The fourth-order valence-electron chi connectivity index (χ4n) is 4.90. The lowest BCUT2D eigenvalue weighted by atomic mass is 9.60. The quantitative estimate of drug-likeness (QED) is 0.612. The third-order valence-corrected chi connectivity index (χ3v) is 6.45. The number of anilines is 1. The van der Waals surface area contributed by atoms with Crippen LogP contribution in [0.3, 0.4) is 0 Å². The fraction of sp³-hybridized carbons (Fsp3) is 0.364.